The van der Waals surface area contributed by atoms with Gasteiger partial charge in [-0.05, 0) is 81.7 Å². The maximum absolute atomic E-state index is 13.2. The number of hydrogen-bond acceptors (Lipinski definition) is 6. The molecule has 7 nitrogen and oxygen atoms in total. The second kappa shape index (κ2) is 8.50. The number of esters is 1. The van der Waals surface area contributed by atoms with Crippen molar-refractivity contribution in [1.82, 2.24) is 15.8 Å². The zero-order valence-electron chi connectivity index (χ0n) is 17.5. The zero-order valence-corrected chi connectivity index (χ0v) is 18.3. The Hall–Kier alpha value is -1.60. The molecule has 5 rings (SSSR count). The minimum atomic E-state index is -0.281. The first kappa shape index (κ1) is 21.6. The van der Waals surface area contributed by atoms with Crippen molar-refractivity contribution in [2.45, 2.75) is 52.0 Å². The van der Waals surface area contributed by atoms with Gasteiger partial charge in [-0.3, -0.25) is 9.59 Å². The van der Waals surface area contributed by atoms with Gasteiger partial charge in [0.1, 0.15) is 11.5 Å². The molecule has 3 saturated carbocycles. The van der Waals surface area contributed by atoms with Gasteiger partial charge in [0, 0.05) is 6.07 Å². The molecule has 1 spiro atoms. The summed E-state index contributed by atoms with van der Waals surface area (Å²) >= 11 is 0. The number of nitrogens with one attached hydrogen (secondary N) is 2. The molecule has 166 valence electrons. The number of nitrogens with zero attached hydrogens (tertiary/aromatic N) is 1. The van der Waals surface area contributed by atoms with E-state index in [4.69, 9.17) is 9.26 Å². The standard InChI is InChI=1S/C22H31N3O4.ClH/c1-13-10-15(25-29-13)11-24-20(26)18-16-2-3-17(22(16)6-7-22)19(18)21(27)28-12-14-4-8-23-9-5-14;/h10,14,16-19,23H,2-9,11-12H2,1H3,(H,24,26);1H/t16-,17+,18+,19+;/m0./s1. The number of carbonyl (C=O) groups excluding carboxylic acids is 2. The van der Waals surface area contributed by atoms with Gasteiger partial charge in [-0.1, -0.05) is 5.16 Å². The van der Waals surface area contributed by atoms with Gasteiger partial charge in [-0.2, -0.15) is 0 Å². The summed E-state index contributed by atoms with van der Waals surface area (Å²) in [6.07, 6.45) is 6.54. The normalized spacial score (nSPS) is 31.4. The van der Waals surface area contributed by atoms with Crippen LogP contribution in [0.2, 0.25) is 0 Å². The fraction of sp³-hybridized carbons (Fsp3) is 0.773. The van der Waals surface area contributed by atoms with Crippen LogP contribution in [0.5, 0.6) is 0 Å². The monoisotopic (exact) mass is 437 g/mol. The van der Waals surface area contributed by atoms with Gasteiger partial charge >= 0.3 is 5.97 Å². The highest BCUT2D eigenvalue weighted by Gasteiger charge is 2.71. The number of aromatic nitrogens is 1. The molecular formula is C22H32ClN3O4. The van der Waals surface area contributed by atoms with E-state index in [1.807, 2.05) is 13.0 Å². The molecule has 0 unspecified atom stereocenters. The SMILES string of the molecule is Cc1cc(CNC(=O)[C@H]2[C@H](C(=O)OCC3CCNCC3)[C@H]3CC[C@@H]2C32CC2)no1.Cl. The molecule has 4 atom stereocenters. The van der Waals surface area contributed by atoms with Crippen molar-refractivity contribution >= 4 is 24.3 Å². The number of piperidine rings is 1. The number of rotatable bonds is 6. The fourth-order valence-electron chi connectivity index (χ4n) is 6.47. The molecule has 4 fully saturated rings. The second-order valence-corrected chi connectivity index (χ2v) is 9.55. The first-order chi connectivity index (χ1) is 14.1. The summed E-state index contributed by atoms with van der Waals surface area (Å²) in [6.45, 7) is 4.65. The summed E-state index contributed by atoms with van der Waals surface area (Å²) in [4.78, 5) is 26.3. The van der Waals surface area contributed by atoms with Crippen LogP contribution in [0.3, 0.4) is 0 Å². The number of aryl methyl sites for hydroxylation is 1. The Kier molecular flexibility index (Phi) is 6.13. The molecule has 1 aromatic rings. The van der Waals surface area contributed by atoms with Crippen molar-refractivity contribution in [1.29, 1.82) is 0 Å². The minimum Gasteiger partial charge on any atom is -0.465 e. The minimum absolute atomic E-state index is 0. The molecule has 2 bridgehead atoms. The third-order valence-electron chi connectivity index (χ3n) is 7.96. The lowest BCUT2D eigenvalue weighted by Gasteiger charge is -2.29. The molecule has 3 aliphatic carbocycles. The predicted octanol–water partition coefficient (Wildman–Crippen LogP) is 2.62. The summed E-state index contributed by atoms with van der Waals surface area (Å²) in [7, 11) is 0. The quantitative estimate of drug-likeness (QED) is 0.664. The number of hydrogen-bond donors (Lipinski definition) is 2. The fourth-order valence-corrected chi connectivity index (χ4v) is 6.47. The van der Waals surface area contributed by atoms with Crippen LogP contribution in [0.25, 0.3) is 0 Å². The Morgan fingerprint density at radius 2 is 1.90 bits per heavy atom. The Morgan fingerprint density at radius 3 is 2.53 bits per heavy atom. The highest BCUT2D eigenvalue weighted by molar-refractivity contribution is 5.87. The first-order valence-corrected chi connectivity index (χ1v) is 11.2. The van der Waals surface area contributed by atoms with E-state index in [-0.39, 0.29) is 41.5 Å². The van der Waals surface area contributed by atoms with Gasteiger partial charge in [0.25, 0.3) is 0 Å². The molecule has 2 N–H and O–H groups in total. The van der Waals surface area contributed by atoms with Crippen LogP contribution in [0.1, 0.15) is 50.0 Å². The van der Waals surface area contributed by atoms with E-state index in [2.05, 4.69) is 15.8 Å². The van der Waals surface area contributed by atoms with Crippen LogP contribution in [-0.4, -0.2) is 36.7 Å². The van der Waals surface area contributed by atoms with Crippen molar-refractivity contribution in [2.24, 2.45) is 35.0 Å². The van der Waals surface area contributed by atoms with E-state index in [1.165, 1.54) is 0 Å². The highest BCUT2D eigenvalue weighted by Crippen LogP contribution is 2.74. The van der Waals surface area contributed by atoms with Crippen LogP contribution >= 0.6 is 12.4 Å². The van der Waals surface area contributed by atoms with E-state index in [0.29, 0.717) is 36.6 Å². The van der Waals surface area contributed by atoms with E-state index >= 15 is 0 Å². The lowest BCUT2D eigenvalue weighted by molar-refractivity contribution is -0.157. The molecule has 0 aromatic carbocycles. The molecule has 1 aromatic heterocycles. The maximum Gasteiger partial charge on any atom is 0.310 e. The molecular weight excluding hydrogens is 406 g/mol. The average Bonchev–Trinajstić information content (AvgIpc) is 3.22. The summed E-state index contributed by atoms with van der Waals surface area (Å²) in [6, 6.07) is 1.83. The second-order valence-electron chi connectivity index (χ2n) is 9.55. The molecule has 1 aliphatic heterocycles. The lowest BCUT2D eigenvalue weighted by Crippen LogP contribution is -2.42. The Labute approximate surface area is 183 Å². The topological polar surface area (TPSA) is 93.5 Å². The van der Waals surface area contributed by atoms with Crippen LogP contribution in [0, 0.1) is 41.9 Å². The first-order valence-electron chi connectivity index (χ1n) is 11.2. The molecule has 4 aliphatic rings. The molecule has 1 saturated heterocycles. The number of ether oxygens (including phenoxy) is 1. The molecule has 1 amide bonds. The lowest BCUT2D eigenvalue weighted by atomic mass is 9.78. The predicted molar refractivity (Wildman–Crippen MR) is 112 cm³/mol. The maximum atomic E-state index is 13.2. The van der Waals surface area contributed by atoms with Gasteiger partial charge in [-0.15, -0.1) is 12.4 Å². The van der Waals surface area contributed by atoms with E-state index < -0.39 is 0 Å². The van der Waals surface area contributed by atoms with Gasteiger partial charge in [-0.25, -0.2) is 0 Å². The van der Waals surface area contributed by atoms with E-state index in [9.17, 15) is 9.59 Å². The van der Waals surface area contributed by atoms with Crippen LogP contribution in [0.4, 0.5) is 0 Å². The molecule has 30 heavy (non-hydrogen) atoms. The highest BCUT2D eigenvalue weighted by atomic mass is 35.5. The van der Waals surface area contributed by atoms with Gasteiger partial charge in [0.2, 0.25) is 5.91 Å². The summed E-state index contributed by atoms with van der Waals surface area (Å²) in [5.41, 5.74) is 0.940. The molecule has 0 radical (unpaired) electrons. The van der Waals surface area contributed by atoms with Crippen molar-refractivity contribution < 1.29 is 18.8 Å². The Balaban J connectivity index is 0.00000218. The summed E-state index contributed by atoms with van der Waals surface area (Å²) in [5, 5.41) is 10.3. The molecule has 8 heteroatoms. The third kappa shape index (κ3) is 3.75. The number of amides is 1. The number of halogens is 1. The third-order valence-corrected chi connectivity index (χ3v) is 7.96. The van der Waals surface area contributed by atoms with Crippen LogP contribution in [-0.2, 0) is 20.9 Å². The average molecular weight is 438 g/mol. The van der Waals surface area contributed by atoms with Crippen LogP contribution < -0.4 is 10.6 Å². The van der Waals surface area contributed by atoms with Crippen LogP contribution in [0.15, 0.2) is 10.6 Å². The zero-order chi connectivity index (χ0) is 20.0. The van der Waals surface area contributed by atoms with Crippen molar-refractivity contribution in [3.63, 3.8) is 0 Å². The Morgan fingerprint density at radius 1 is 1.20 bits per heavy atom. The van der Waals surface area contributed by atoms with Crippen molar-refractivity contribution in [2.75, 3.05) is 19.7 Å². The smallest absolute Gasteiger partial charge is 0.310 e. The summed E-state index contributed by atoms with van der Waals surface area (Å²) in [5.74, 6) is 1.11. The number of carbonyl (C=O) groups is 2. The Bertz CT molecular complexity index is 787. The largest absolute Gasteiger partial charge is 0.465 e. The van der Waals surface area contributed by atoms with Gasteiger partial charge in [0.05, 0.1) is 25.0 Å². The van der Waals surface area contributed by atoms with Crippen molar-refractivity contribution in [3.8, 4) is 0 Å². The molecule has 2 heterocycles. The van der Waals surface area contributed by atoms with E-state index in [1.54, 1.807) is 0 Å². The van der Waals surface area contributed by atoms with Crippen molar-refractivity contribution in [3.05, 3.63) is 17.5 Å². The summed E-state index contributed by atoms with van der Waals surface area (Å²) < 4.78 is 10.9. The van der Waals surface area contributed by atoms with Gasteiger partial charge < -0.3 is 19.9 Å². The van der Waals surface area contributed by atoms with Gasteiger partial charge in [0.15, 0.2) is 0 Å². The van der Waals surface area contributed by atoms with E-state index in [0.717, 1.165) is 57.4 Å².